The molecule has 0 bridgehead atoms. The van der Waals surface area contributed by atoms with Gasteiger partial charge in [-0.15, -0.1) is 0 Å². The molecule has 0 saturated carbocycles. The SMILES string of the molecule is CCOCC.Oc1ccc(-c2ccc(O)cc2)cc1. The minimum Gasteiger partial charge on any atom is -0.508 e. The molecule has 2 aromatic rings. The third kappa shape index (κ3) is 5.44. The molecule has 0 fully saturated rings. The van der Waals surface area contributed by atoms with E-state index in [1.54, 1.807) is 24.3 Å². The predicted octanol–water partition coefficient (Wildman–Crippen LogP) is 3.81. The van der Waals surface area contributed by atoms with Crippen molar-refractivity contribution in [3.05, 3.63) is 48.5 Å². The van der Waals surface area contributed by atoms with Crippen LogP contribution in [0, 0.1) is 0 Å². The summed E-state index contributed by atoms with van der Waals surface area (Å²) in [6.07, 6.45) is 0. The molecule has 0 aromatic heterocycles. The van der Waals surface area contributed by atoms with E-state index in [0.29, 0.717) is 0 Å². The van der Waals surface area contributed by atoms with Gasteiger partial charge in [0, 0.05) is 13.2 Å². The Hall–Kier alpha value is -2.00. The molecule has 19 heavy (non-hydrogen) atoms. The highest BCUT2D eigenvalue weighted by atomic mass is 16.5. The Morgan fingerprint density at radius 1 is 0.684 bits per heavy atom. The first kappa shape index (κ1) is 15.1. The molecule has 0 heterocycles. The van der Waals surface area contributed by atoms with Gasteiger partial charge >= 0.3 is 0 Å². The van der Waals surface area contributed by atoms with Gasteiger partial charge in [0.05, 0.1) is 0 Å². The second kappa shape index (κ2) is 8.16. The lowest BCUT2D eigenvalue weighted by Gasteiger charge is -2.01. The fraction of sp³-hybridized carbons (Fsp3) is 0.250. The molecule has 0 radical (unpaired) electrons. The zero-order chi connectivity index (χ0) is 14.1. The lowest BCUT2D eigenvalue weighted by atomic mass is 10.1. The average Bonchev–Trinajstić information content (AvgIpc) is 2.42. The molecule has 0 aliphatic heterocycles. The summed E-state index contributed by atoms with van der Waals surface area (Å²) >= 11 is 0. The summed E-state index contributed by atoms with van der Waals surface area (Å²) in [5, 5.41) is 18.2. The van der Waals surface area contributed by atoms with Crippen LogP contribution in [0.1, 0.15) is 13.8 Å². The third-order valence-electron chi connectivity index (χ3n) is 2.48. The van der Waals surface area contributed by atoms with Crippen LogP contribution in [-0.4, -0.2) is 23.4 Å². The van der Waals surface area contributed by atoms with Crippen molar-refractivity contribution in [1.82, 2.24) is 0 Å². The quantitative estimate of drug-likeness (QED) is 0.882. The predicted molar refractivity (Wildman–Crippen MR) is 77.4 cm³/mol. The molecule has 0 saturated heterocycles. The Bertz CT molecular complexity index is 415. The minimum atomic E-state index is 0.257. The number of benzene rings is 2. The highest BCUT2D eigenvalue weighted by molar-refractivity contribution is 5.64. The van der Waals surface area contributed by atoms with E-state index >= 15 is 0 Å². The number of phenols is 2. The van der Waals surface area contributed by atoms with Gasteiger partial charge in [-0.2, -0.15) is 0 Å². The van der Waals surface area contributed by atoms with Crippen molar-refractivity contribution >= 4 is 0 Å². The molecular weight excluding hydrogens is 240 g/mol. The summed E-state index contributed by atoms with van der Waals surface area (Å²) < 4.78 is 4.83. The highest BCUT2D eigenvalue weighted by Gasteiger charge is 1.96. The molecule has 0 aliphatic carbocycles. The average molecular weight is 260 g/mol. The normalized spacial score (nSPS) is 9.58. The number of ether oxygens (including phenoxy) is 1. The minimum absolute atomic E-state index is 0.257. The Morgan fingerprint density at radius 3 is 1.21 bits per heavy atom. The van der Waals surface area contributed by atoms with Crippen LogP contribution in [0.15, 0.2) is 48.5 Å². The molecular formula is C16H20O3. The lowest BCUT2D eigenvalue weighted by molar-refractivity contribution is 0.162. The van der Waals surface area contributed by atoms with Crippen molar-refractivity contribution < 1.29 is 14.9 Å². The molecule has 0 amide bonds. The maximum Gasteiger partial charge on any atom is 0.115 e. The fourth-order valence-corrected chi connectivity index (χ4v) is 1.51. The van der Waals surface area contributed by atoms with Gasteiger partial charge in [-0.05, 0) is 49.2 Å². The van der Waals surface area contributed by atoms with Crippen LogP contribution < -0.4 is 0 Å². The summed E-state index contributed by atoms with van der Waals surface area (Å²) in [6, 6.07) is 13.9. The topological polar surface area (TPSA) is 49.7 Å². The van der Waals surface area contributed by atoms with Crippen LogP contribution in [0.5, 0.6) is 11.5 Å². The monoisotopic (exact) mass is 260 g/mol. The smallest absolute Gasteiger partial charge is 0.115 e. The molecule has 102 valence electrons. The number of hydrogen-bond donors (Lipinski definition) is 2. The van der Waals surface area contributed by atoms with Crippen LogP contribution in [0.3, 0.4) is 0 Å². The number of phenolic OH excluding ortho intramolecular Hbond substituents is 2. The van der Waals surface area contributed by atoms with Crippen LogP contribution >= 0.6 is 0 Å². The molecule has 2 N–H and O–H groups in total. The zero-order valence-electron chi connectivity index (χ0n) is 11.3. The van der Waals surface area contributed by atoms with E-state index in [9.17, 15) is 0 Å². The highest BCUT2D eigenvalue weighted by Crippen LogP contribution is 2.23. The van der Waals surface area contributed by atoms with E-state index in [1.165, 1.54) is 0 Å². The Kier molecular flexibility index (Phi) is 6.47. The van der Waals surface area contributed by atoms with Gasteiger partial charge in [-0.3, -0.25) is 0 Å². The first-order valence-corrected chi connectivity index (χ1v) is 6.33. The summed E-state index contributed by atoms with van der Waals surface area (Å²) in [5.41, 5.74) is 2.03. The van der Waals surface area contributed by atoms with Gasteiger partial charge in [0.1, 0.15) is 11.5 Å². The number of hydrogen-bond acceptors (Lipinski definition) is 3. The van der Waals surface area contributed by atoms with Gasteiger partial charge in [-0.25, -0.2) is 0 Å². The van der Waals surface area contributed by atoms with Gasteiger partial charge < -0.3 is 14.9 Å². The van der Waals surface area contributed by atoms with E-state index in [0.717, 1.165) is 24.3 Å². The Labute approximate surface area is 114 Å². The zero-order valence-corrected chi connectivity index (χ0v) is 11.3. The maximum atomic E-state index is 9.11. The van der Waals surface area contributed by atoms with Gasteiger partial charge in [0.15, 0.2) is 0 Å². The van der Waals surface area contributed by atoms with E-state index in [1.807, 2.05) is 38.1 Å². The van der Waals surface area contributed by atoms with Gasteiger partial charge in [0.2, 0.25) is 0 Å². The van der Waals surface area contributed by atoms with Crippen molar-refractivity contribution in [2.24, 2.45) is 0 Å². The number of aromatic hydroxyl groups is 2. The summed E-state index contributed by atoms with van der Waals surface area (Å²) in [7, 11) is 0. The van der Waals surface area contributed by atoms with Crippen molar-refractivity contribution in [1.29, 1.82) is 0 Å². The first-order chi connectivity index (χ1) is 9.17. The summed E-state index contributed by atoms with van der Waals surface area (Å²) in [6.45, 7) is 5.67. The van der Waals surface area contributed by atoms with Crippen LogP contribution in [0.25, 0.3) is 11.1 Å². The van der Waals surface area contributed by atoms with Crippen LogP contribution in [0.2, 0.25) is 0 Å². The molecule has 0 aliphatic rings. The summed E-state index contributed by atoms with van der Waals surface area (Å²) in [5.74, 6) is 0.514. The van der Waals surface area contributed by atoms with Gasteiger partial charge in [0.25, 0.3) is 0 Å². The second-order valence-electron chi connectivity index (χ2n) is 3.88. The van der Waals surface area contributed by atoms with E-state index in [-0.39, 0.29) is 11.5 Å². The molecule has 0 spiro atoms. The number of rotatable bonds is 3. The molecule has 0 atom stereocenters. The second-order valence-corrected chi connectivity index (χ2v) is 3.88. The van der Waals surface area contributed by atoms with Crippen molar-refractivity contribution in [2.75, 3.05) is 13.2 Å². The largest absolute Gasteiger partial charge is 0.508 e. The van der Waals surface area contributed by atoms with Crippen molar-refractivity contribution in [2.45, 2.75) is 13.8 Å². The maximum absolute atomic E-state index is 9.11. The van der Waals surface area contributed by atoms with Crippen LogP contribution in [0.4, 0.5) is 0 Å². The lowest BCUT2D eigenvalue weighted by Crippen LogP contribution is -1.84. The molecule has 2 rings (SSSR count). The van der Waals surface area contributed by atoms with Crippen molar-refractivity contribution in [3.8, 4) is 22.6 Å². The Morgan fingerprint density at radius 2 is 1.00 bits per heavy atom. The molecule has 3 heteroatoms. The van der Waals surface area contributed by atoms with Crippen LogP contribution in [-0.2, 0) is 4.74 Å². The third-order valence-corrected chi connectivity index (χ3v) is 2.48. The van der Waals surface area contributed by atoms with E-state index in [4.69, 9.17) is 14.9 Å². The Balaban J connectivity index is 0.000000312. The first-order valence-electron chi connectivity index (χ1n) is 6.33. The molecule has 0 unspecified atom stereocenters. The van der Waals surface area contributed by atoms with Crippen molar-refractivity contribution in [3.63, 3.8) is 0 Å². The standard InChI is InChI=1S/C12H10O2.C4H10O/c13-11-5-1-9(2-6-11)10-3-7-12(14)8-4-10;1-3-5-4-2/h1-8,13-14H;3-4H2,1-2H3. The fourth-order valence-electron chi connectivity index (χ4n) is 1.51. The molecule has 2 aromatic carbocycles. The van der Waals surface area contributed by atoms with Gasteiger partial charge in [-0.1, -0.05) is 24.3 Å². The summed E-state index contributed by atoms with van der Waals surface area (Å²) in [4.78, 5) is 0. The van der Waals surface area contributed by atoms with E-state index < -0.39 is 0 Å². The molecule has 3 nitrogen and oxygen atoms in total. The van der Waals surface area contributed by atoms with E-state index in [2.05, 4.69) is 0 Å².